The molecule has 6 heteroatoms. The SMILES string of the molecule is O=C(CCN1CCC(OCCCO)CC1)Nc1cccc(Cl)c1. The summed E-state index contributed by atoms with van der Waals surface area (Å²) >= 11 is 5.90. The van der Waals surface area contributed by atoms with Crippen molar-refractivity contribution in [1.29, 1.82) is 0 Å². The molecule has 0 atom stereocenters. The minimum absolute atomic E-state index is 0.00795. The Morgan fingerprint density at radius 2 is 2.17 bits per heavy atom. The molecule has 2 N–H and O–H groups in total. The van der Waals surface area contributed by atoms with Crippen molar-refractivity contribution in [2.45, 2.75) is 31.8 Å². The first-order valence-corrected chi connectivity index (χ1v) is 8.55. The molecule has 1 aromatic rings. The number of likely N-dealkylation sites (tertiary alicyclic amines) is 1. The highest BCUT2D eigenvalue weighted by Gasteiger charge is 2.19. The van der Waals surface area contributed by atoms with Gasteiger partial charge in [0.05, 0.1) is 6.10 Å². The van der Waals surface area contributed by atoms with E-state index >= 15 is 0 Å². The number of carbonyl (C=O) groups is 1. The number of nitrogens with zero attached hydrogens (tertiary/aromatic N) is 1. The van der Waals surface area contributed by atoms with E-state index in [9.17, 15) is 4.79 Å². The molecule has 128 valence electrons. The Morgan fingerprint density at radius 3 is 2.87 bits per heavy atom. The van der Waals surface area contributed by atoms with Gasteiger partial charge in [-0.1, -0.05) is 17.7 Å². The number of nitrogens with one attached hydrogen (secondary N) is 1. The van der Waals surface area contributed by atoms with E-state index in [1.165, 1.54) is 0 Å². The highest BCUT2D eigenvalue weighted by atomic mass is 35.5. The zero-order valence-electron chi connectivity index (χ0n) is 13.3. The summed E-state index contributed by atoms with van der Waals surface area (Å²) in [7, 11) is 0. The lowest BCUT2D eigenvalue weighted by molar-refractivity contribution is -0.116. The number of amides is 1. The maximum Gasteiger partial charge on any atom is 0.225 e. The van der Waals surface area contributed by atoms with Crippen molar-refractivity contribution in [3.8, 4) is 0 Å². The van der Waals surface area contributed by atoms with Crippen molar-refractivity contribution in [3.63, 3.8) is 0 Å². The summed E-state index contributed by atoms with van der Waals surface area (Å²) in [6.07, 6.45) is 3.44. The lowest BCUT2D eigenvalue weighted by Crippen LogP contribution is -2.38. The van der Waals surface area contributed by atoms with Gasteiger partial charge >= 0.3 is 0 Å². The molecule has 0 bridgehead atoms. The molecule has 1 fully saturated rings. The molecule has 1 aliphatic rings. The Bertz CT molecular complexity index is 490. The number of hydrogen-bond acceptors (Lipinski definition) is 4. The molecule has 1 heterocycles. The molecule has 23 heavy (non-hydrogen) atoms. The smallest absolute Gasteiger partial charge is 0.225 e. The van der Waals surface area contributed by atoms with Crippen molar-refractivity contribution in [3.05, 3.63) is 29.3 Å². The molecule has 0 radical (unpaired) electrons. The van der Waals surface area contributed by atoms with Crippen molar-refractivity contribution < 1.29 is 14.6 Å². The highest BCUT2D eigenvalue weighted by molar-refractivity contribution is 6.30. The molecular weight excluding hydrogens is 316 g/mol. The van der Waals surface area contributed by atoms with E-state index < -0.39 is 0 Å². The number of aliphatic hydroxyl groups is 1. The first kappa shape index (κ1) is 18.2. The maximum absolute atomic E-state index is 12.0. The van der Waals surface area contributed by atoms with Crippen LogP contribution in [0.5, 0.6) is 0 Å². The molecule has 1 aliphatic heterocycles. The fourth-order valence-electron chi connectivity index (χ4n) is 2.66. The monoisotopic (exact) mass is 340 g/mol. The summed E-state index contributed by atoms with van der Waals surface area (Å²) in [6.45, 7) is 3.47. The summed E-state index contributed by atoms with van der Waals surface area (Å²) in [5.74, 6) is 0.00795. The standard InChI is InChI=1S/C17H25ClN2O3/c18-14-3-1-4-15(13-14)19-17(22)7-10-20-8-5-16(6-9-20)23-12-2-11-21/h1,3-4,13,16,21H,2,5-12H2,(H,19,22). The van der Waals surface area contributed by atoms with E-state index in [0.29, 0.717) is 24.5 Å². The number of aliphatic hydroxyl groups excluding tert-OH is 1. The van der Waals surface area contributed by atoms with Gasteiger partial charge in [-0.25, -0.2) is 0 Å². The van der Waals surface area contributed by atoms with E-state index in [-0.39, 0.29) is 18.6 Å². The largest absolute Gasteiger partial charge is 0.396 e. The molecule has 5 nitrogen and oxygen atoms in total. The summed E-state index contributed by atoms with van der Waals surface area (Å²) in [5.41, 5.74) is 0.735. The lowest BCUT2D eigenvalue weighted by Gasteiger charge is -2.31. The third kappa shape index (κ3) is 6.87. The van der Waals surface area contributed by atoms with Gasteiger partial charge in [0.1, 0.15) is 0 Å². The van der Waals surface area contributed by atoms with Crippen molar-refractivity contribution in [2.24, 2.45) is 0 Å². The summed E-state index contributed by atoms with van der Waals surface area (Å²) in [5, 5.41) is 12.2. The van der Waals surface area contributed by atoms with Gasteiger partial charge in [-0.05, 0) is 37.5 Å². The second kappa shape index (κ2) is 9.88. The van der Waals surface area contributed by atoms with Crippen LogP contribution in [0.1, 0.15) is 25.7 Å². The second-order valence-electron chi connectivity index (χ2n) is 5.80. The van der Waals surface area contributed by atoms with Gasteiger partial charge in [0.2, 0.25) is 5.91 Å². The summed E-state index contributed by atoms with van der Waals surface area (Å²) < 4.78 is 5.71. The van der Waals surface area contributed by atoms with Gasteiger partial charge in [0.15, 0.2) is 0 Å². The minimum Gasteiger partial charge on any atom is -0.396 e. The number of ether oxygens (including phenoxy) is 1. The zero-order valence-corrected chi connectivity index (χ0v) is 14.1. The molecule has 0 aliphatic carbocycles. The maximum atomic E-state index is 12.0. The Morgan fingerprint density at radius 1 is 1.39 bits per heavy atom. The molecule has 0 aromatic heterocycles. The van der Waals surface area contributed by atoms with E-state index in [1.54, 1.807) is 12.1 Å². The number of rotatable bonds is 8. The Balaban J connectivity index is 1.62. The average molecular weight is 341 g/mol. The first-order chi connectivity index (χ1) is 11.2. The zero-order chi connectivity index (χ0) is 16.5. The van der Waals surface area contributed by atoms with Crippen LogP contribution in [0.4, 0.5) is 5.69 Å². The Labute approximate surface area is 142 Å². The van der Waals surface area contributed by atoms with Crippen molar-refractivity contribution in [2.75, 3.05) is 38.2 Å². The van der Waals surface area contributed by atoms with Gasteiger partial charge in [0.25, 0.3) is 0 Å². The fourth-order valence-corrected chi connectivity index (χ4v) is 2.85. The van der Waals surface area contributed by atoms with Crippen LogP contribution >= 0.6 is 11.6 Å². The summed E-state index contributed by atoms with van der Waals surface area (Å²) in [4.78, 5) is 14.3. The molecule has 1 aromatic carbocycles. The Hall–Kier alpha value is -1.14. The Kier molecular flexibility index (Phi) is 7.82. The van der Waals surface area contributed by atoms with E-state index in [2.05, 4.69) is 10.2 Å². The van der Waals surface area contributed by atoms with Crippen LogP contribution < -0.4 is 5.32 Å². The van der Waals surface area contributed by atoms with Crippen LogP contribution in [0.15, 0.2) is 24.3 Å². The lowest BCUT2D eigenvalue weighted by atomic mass is 10.1. The van der Waals surface area contributed by atoms with Gasteiger partial charge in [-0.3, -0.25) is 4.79 Å². The molecule has 0 saturated carbocycles. The molecule has 0 spiro atoms. The van der Waals surface area contributed by atoms with Gasteiger partial charge in [-0.2, -0.15) is 0 Å². The summed E-state index contributed by atoms with van der Waals surface area (Å²) in [6, 6.07) is 7.18. The first-order valence-electron chi connectivity index (χ1n) is 8.17. The van der Waals surface area contributed by atoms with Crippen molar-refractivity contribution in [1.82, 2.24) is 4.90 Å². The minimum atomic E-state index is 0.00795. The second-order valence-corrected chi connectivity index (χ2v) is 6.23. The van der Waals surface area contributed by atoms with E-state index in [1.807, 2.05) is 12.1 Å². The van der Waals surface area contributed by atoms with E-state index in [0.717, 1.165) is 38.2 Å². The predicted octanol–water partition coefficient (Wildman–Crippen LogP) is 2.53. The average Bonchev–Trinajstić information content (AvgIpc) is 2.54. The van der Waals surface area contributed by atoms with Crippen LogP contribution in [0.2, 0.25) is 5.02 Å². The number of benzene rings is 1. The van der Waals surface area contributed by atoms with Gasteiger partial charge in [0, 0.05) is 50.0 Å². The van der Waals surface area contributed by atoms with E-state index in [4.69, 9.17) is 21.4 Å². The number of hydrogen-bond donors (Lipinski definition) is 2. The predicted molar refractivity (Wildman–Crippen MR) is 91.8 cm³/mol. The number of halogens is 1. The molecule has 1 saturated heterocycles. The molecule has 2 rings (SSSR count). The molecule has 0 unspecified atom stereocenters. The van der Waals surface area contributed by atoms with Gasteiger partial charge < -0.3 is 20.1 Å². The van der Waals surface area contributed by atoms with Crippen LogP contribution in [0.3, 0.4) is 0 Å². The fraction of sp³-hybridized carbons (Fsp3) is 0.588. The highest BCUT2D eigenvalue weighted by Crippen LogP contribution is 2.16. The van der Waals surface area contributed by atoms with Crippen LogP contribution in [-0.2, 0) is 9.53 Å². The third-order valence-electron chi connectivity index (χ3n) is 3.95. The normalized spacial score (nSPS) is 16.4. The quantitative estimate of drug-likeness (QED) is 0.714. The van der Waals surface area contributed by atoms with Crippen LogP contribution in [0, 0.1) is 0 Å². The molecular formula is C17H25ClN2O3. The molecule has 1 amide bonds. The topological polar surface area (TPSA) is 61.8 Å². The number of carbonyl (C=O) groups excluding carboxylic acids is 1. The number of anilines is 1. The van der Waals surface area contributed by atoms with Crippen LogP contribution in [-0.4, -0.2) is 54.9 Å². The van der Waals surface area contributed by atoms with Crippen LogP contribution in [0.25, 0.3) is 0 Å². The van der Waals surface area contributed by atoms with Gasteiger partial charge in [-0.15, -0.1) is 0 Å². The number of piperidine rings is 1. The van der Waals surface area contributed by atoms with Crippen molar-refractivity contribution >= 4 is 23.2 Å². The third-order valence-corrected chi connectivity index (χ3v) is 4.19.